The highest BCUT2D eigenvalue weighted by molar-refractivity contribution is 6.18. The Morgan fingerprint density at radius 1 is 1.00 bits per heavy atom. The third-order valence-electron chi connectivity index (χ3n) is 3.12. The van der Waals surface area contributed by atoms with Gasteiger partial charge in [0.05, 0.1) is 6.26 Å². The Morgan fingerprint density at radius 3 is 2.36 bits per heavy atom. The zero-order valence-electron chi connectivity index (χ0n) is 12.2. The Hall–Kier alpha value is -2.82. The van der Waals surface area contributed by atoms with Crippen molar-refractivity contribution in [3.05, 3.63) is 53.8 Å². The first kappa shape index (κ1) is 14.1. The van der Waals surface area contributed by atoms with Crippen molar-refractivity contribution in [2.45, 2.75) is 19.6 Å². The van der Waals surface area contributed by atoms with Crippen LogP contribution in [-0.4, -0.2) is 17.7 Å². The Labute approximate surface area is 127 Å². The fourth-order valence-electron chi connectivity index (χ4n) is 2.17. The van der Waals surface area contributed by atoms with Gasteiger partial charge in [-0.1, -0.05) is 18.2 Å². The predicted octanol–water partition coefficient (Wildman–Crippen LogP) is 3.17. The largest absolute Gasteiger partial charge is 0.464 e. The van der Waals surface area contributed by atoms with Gasteiger partial charge in [0.15, 0.2) is 0 Å². The summed E-state index contributed by atoms with van der Waals surface area (Å²) < 4.78 is 15.5. The lowest BCUT2D eigenvalue weighted by molar-refractivity contribution is -0.222. The number of benzene rings is 1. The molecule has 2 heterocycles. The summed E-state index contributed by atoms with van der Waals surface area (Å²) in [6.45, 7) is 3.02. The molecule has 0 atom stereocenters. The minimum absolute atomic E-state index is 0.129. The molecule has 1 fully saturated rings. The number of rotatable bonds is 2. The van der Waals surface area contributed by atoms with E-state index in [9.17, 15) is 9.59 Å². The number of esters is 2. The molecule has 1 aliphatic rings. The second-order valence-corrected chi connectivity index (χ2v) is 5.34. The van der Waals surface area contributed by atoms with Gasteiger partial charge in [-0.05, 0) is 29.8 Å². The smallest absolute Gasteiger partial charge is 0.348 e. The lowest BCUT2D eigenvalue weighted by Crippen LogP contribution is -2.41. The second kappa shape index (κ2) is 5.18. The number of furan rings is 1. The zero-order valence-corrected chi connectivity index (χ0v) is 12.2. The molecule has 3 rings (SSSR count). The van der Waals surface area contributed by atoms with Crippen molar-refractivity contribution in [3.8, 4) is 11.3 Å². The Balaban J connectivity index is 1.94. The molecule has 0 spiro atoms. The van der Waals surface area contributed by atoms with Gasteiger partial charge < -0.3 is 13.9 Å². The number of carbonyl (C=O) groups is 2. The highest BCUT2D eigenvalue weighted by atomic mass is 16.7. The van der Waals surface area contributed by atoms with Crippen molar-refractivity contribution < 1.29 is 23.5 Å². The summed E-state index contributed by atoms with van der Waals surface area (Å²) in [5.41, 5.74) is 1.39. The highest BCUT2D eigenvalue weighted by Gasteiger charge is 2.38. The van der Waals surface area contributed by atoms with Crippen LogP contribution in [0.3, 0.4) is 0 Å². The first-order valence-electron chi connectivity index (χ1n) is 6.77. The van der Waals surface area contributed by atoms with Crippen LogP contribution in [0.4, 0.5) is 0 Å². The molecule has 1 aromatic heterocycles. The molecule has 0 bridgehead atoms. The molecular weight excluding hydrogens is 284 g/mol. The average molecular weight is 298 g/mol. The molecule has 1 aliphatic heterocycles. The van der Waals surface area contributed by atoms with E-state index < -0.39 is 17.7 Å². The summed E-state index contributed by atoms with van der Waals surface area (Å²) in [5.74, 6) is -1.91. The molecule has 0 radical (unpaired) electrons. The second-order valence-electron chi connectivity index (χ2n) is 5.34. The fraction of sp³-hybridized carbons (Fsp3) is 0.176. The molecule has 0 N–H and O–H groups in total. The monoisotopic (exact) mass is 298 g/mol. The average Bonchev–Trinajstić information content (AvgIpc) is 2.96. The number of cyclic esters (lactones) is 2. The van der Waals surface area contributed by atoms with Gasteiger partial charge >= 0.3 is 11.9 Å². The standard InChI is InChI=1S/C17H14O5/c1-17(2)21-15(18)13(16(19)22-17)10-11-5-3-6-12(9-11)14-7-4-8-20-14/h3-10H,1-2H3. The molecule has 1 saturated heterocycles. The molecule has 0 aliphatic carbocycles. The molecule has 22 heavy (non-hydrogen) atoms. The molecule has 5 nitrogen and oxygen atoms in total. The van der Waals surface area contributed by atoms with Gasteiger partial charge in [-0.25, -0.2) is 9.59 Å². The van der Waals surface area contributed by atoms with Gasteiger partial charge in [0.25, 0.3) is 5.79 Å². The summed E-state index contributed by atoms with van der Waals surface area (Å²) >= 11 is 0. The van der Waals surface area contributed by atoms with E-state index in [1.807, 2.05) is 24.3 Å². The molecular formula is C17H14O5. The van der Waals surface area contributed by atoms with Crippen LogP contribution >= 0.6 is 0 Å². The van der Waals surface area contributed by atoms with E-state index in [2.05, 4.69) is 0 Å². The van der Waals surface area contributed by atoms with Gasteiger partial charge in [-0.2, -0.15) is 0 Å². The van der Waals surface area contributed by atoms with Crippen LogP contribution in [-0.2, 0) is 19.1 Å². The van der Waals surface area contributed by atoms with E-state index in [0.29, 0.717) is 11.3 Å². The van der Waals surface area contributed by atoms with Gasteiger partial charge in [0, 0.05) is 19.4 Å². The van der Waals surface area contributed by atoms with Crippen LogP contribution in [0, 0.1) is 0 Å². The summed E-state index contributed by atoms with van der Waals surface area (Å²) in [4.78, 5) is 23.9. The molecule has 2 aromatic rings. The topological polar surface area (TPSA) is 65.7 Å². The molecule has 0 saturated carbocycles. The molecule has 112 valence electrons. The highest BCUT2D eigenvalue weighted by Crippen LogP contribution is 2.26. The van der Waals surface area contributed by atoms with Crippen molar-refractivity contribution in [2.24, 2.45) is 0 Å². The summed E-state index contributed by atoms with van der Waals surface area (Å²) in [7, 11) is 0. The van der Waals surface area contributed by atoms with E-state index in [-0.39, 0.29) is 5.57 Å². The molecule has 5 heteroatoms. The zero-order chi connectivity index (χ0) is 15.7. The maximum absolute atomic E-state index is 11.9. The normalized spacial score (nSPS) is 16.9. The Bertz CT molecular complexity index is 731. The summed E-state index contributed by atoms with van der Waals surface area (Å²) in [6, 6.07) is 10.9. The van der Waals surface area contributed by atoms with Gasteiger partial charge in [-0.15, -0.1) is 0 Å². The first-order chi connectivity index (χ1) is 10.4. The Kier molecular flexibility index (Phi) is 3.33. The number of hydrogen-bond donors (Lipinski definition) is 0. The molecule has 1 aromatic carbocycles. The van der Waals surface area contributed by atoms with Gasteiger partial charge in [0.2, 0.25) is 0 Å². The van der Waals surface area contributed by atoms with E-state index in [0.717, 1.165) is 5.56 Å². The van der Waals surface area contributed by atoms with Gasteiger partial charge in [-0.3, -0.25) is 0 Å². The maximum atomic E-state index is 11.9. The minimum Gasteiger partial charge on any atom is -0.464 e. The van der Waals surface area contributed by atoms with E-state index >= 15 is 0 Å². The third kappa shape index (κ3) is 2.79. The number of hydrogen-bond acceptors (Lipinski definition) is 5. The third-order valence-corrected chi connectivity index (χ3v) is 3.12. The van der Waals surface area contributed by atoms with E-state index in [1.54, 1.807) is 18.4 Å². The quantitative estimate of drug-likeness (QED) is 0.484. The lowest BCUT2D eigenvalue weighted by Gasteiger charge is -2.29. The van der Waals surface area contributed by atoms with Crippen LogP contribution in [0.2, 0.25) is 0 Å². The van der Waals surface area contributed by atoms with Crippen LogP contribution in [0.15, 0.2) is 52.7 Å². The minimum atomic E-state index is -1.23. The van der Waals surface area contributed by atoms with Crippen molar-refractivity contribution in [1.82, 2.24) is 0 Å². The SMILES string of the molecule is CC1(C)OC(=O)C(=Cc2cccc(-c3ccco3)c2)C(=O)O1. The number of ether oxygens (including phenoxy) is 2. The maximum Gasteiger partial charge on any atom is 0.348 e. The summed E-state index contributed by atoms with van der Waals surface area (Å²) in [6.07, 6.45) is 3.03. The molecule has 0 unspecified atom stereocenters. The number of carbonyl (C=O) groups excluding carboxylic acids is 2. The first-order valence-corrected chi connectivity index (χ1v) is 6.77. The Morgan fingerprint density at radius 2 is 1.73 bits per heavy atom. The van der Waals surface area contributed by atoms with E-state index in [1.165, 1.54) is 19.9 Å². The van der Waals surface area contributed by atoms with E-state index in [4.69, 9.17) is 13.9 Å². The van der Waals surface area contributed by atoms with Crippen molar-refractivity contribution in [3.63, 3.8) is 0 Å². The van der Waals surface area contributed by atoms with Crippen molar-refractivity contribution >= 4 is 18.0 Å². The fourth-order valence-corrected chi connectivity index (χ4v) is 2.17. The van der Waals surface area contributed by atoms with Crippen LogP contribution < -0.4 is 0 Å². The van der Waals surface area contributed by atoms with Gasteiger partial charge in [0.1, 0.15) is 11.3 Å². The van der Waals surface area contributed by atoms with Crippen molar-refractivity contribution in [1.29, 1.82) is 0 Å². The predicted molar refractivity (Wildman–Crippen MR) is 78.4 cm³/mol. The molecule has 0 amide bonds. The lowest BCUT2D eigenvalue weighted by atomic mass is 10.1. The van der Waals surface area contributed by atoms with Crippen LogP contribution in [0.1, 0.15) is 19.4 Å². The summed E-state index contributed by atoms with van der Waals surface area (Å²) in [5, 5.41) is 0. The van der Waals surface area contributed by atoms with Crippen LogP contribution in [0.5, 0.6) is 0 Å². The van der Waals surface area contributed by atoms with Crippen LogP contribution in [0.25, 0.3) is 17.4 Å². The van der Waals surface area contributed by atoms with Crippen molar-refractivity contribution in [2.75, 3.05) is 0 Å².